The van der Waals surface area contributed by atoms with E-state index in [4.69, 9.17) is 11.6 Å². The number of halogens is 1. The van der Waals surface area contributed by atoms with E-state index in [1.165, 1.54) is 0 Å². The van der Waals surface area contributed by atoms with Gasteiger partial charge in [0.15, 0.2) is 5.78 Å². The maximum absolute atomic E-state index is 11.7. The maximum atomic E-state index is 11.7. The van der Waals surface area contributed by atoms with Crippen LogP contribution in [0.5, 0.6) is 0 Å². The van der Waals surface area contributed by atoms with Crippen molar-refractivity contribution >= 4 is 17.4 Å². The van der Waals surface area contributed by atoms with Gasteiger partial charge in [0.05, 0.1) is 12.2 Å². The molecule has 19 heavy (non-hydrogen) atoms. The zero-order chi connectivity index (χ0) is 13.8. The van der Waals surface area contributed by atoms with Crippen molar-refractivity contribution in [3.05, 3.63) is 41.7 Å². The number of alkyl halides is 1. The van der Waals surface area contributed by atoms with Crippen LogP contribution in [0.3, 0.4) is 0 Å². The van der Waals surface area contributed by atoms with Gasteiger partial charge in [-0.3, -0.25) is 4.79 Å². The normalized spacial score (nSPS) is 10.9. The van der Waals surface area contributed by atoms with Crippen LogP contribution >= 0.6 is 11.6 Å². The molecule has 0 spiro atoms. The van der Waals surface area contributed by atoms with Crippen molar-refractivity contribution < 1.29 is 4.79 Å². The van der Waals surface area contributed by atoms with Gasteiger partial charge in [-0.1, -0.05) is 0 Å². The van der Waals surface area contributed by atoms with Crippen LogP contribution in [-0.4, -0.2) is 25.8 Å². The molecule has 2 aromatic rings. The van der Waals surface area contributed by atoms with Crippen LogP contribution in [0.4, 0.5) is 0 Å². The lowest BCUT2D eigenvalue weighted by atomic mass is 10.2. The van der Waals surface area contributed by atoms with Crippen molar-refractivity contribution in [1.82, 2.24) is 14.1 Å². The number of rotatable bonds is 6. The van der Waals surface area contributed by atoms with Crippen LogP contribution in [0, 0.1) is 13.8 Å². The van der Waals surface area contributed by atoms with Crippen LogP contribution in [0.15, 0.2) is 24.8 Å². The second-order valence-corrected chi connectivity index (χ2v) is 4.91. The number of carbonyl (C=O) groups is 1. The highest BCUT2D eigenvalue weighted by Gasteiger charge is 2.14. The molecule has 0 atom stereocenters. The highest BCUT2D eigenvalue weighted by atomic mass is 35.5. The molecular weight excluding hydrogens is 262 g/mol. The van der Waals surface area contributed by atoms with Crippen LogP contribution < -0.4 is 0 Å². The fourth-order valence-electron chi connectivity index (χ4n) is 2.33. The first-order valence-electron chi connectivity index (χ1n) is 6.35. The summed E-state index contributed by atoms with van der Waals surface area (Å²) in [6.07, 6.45) is 6.56. The van der Waals surface area contributed by atoms with Crippen molar-refractivity contribution in [2.24, 2.45) is 0 Å². The number of nitrogens with zero attached hydrogens (tertiary/aromatic N) is 3. The first-order valence-corrected chi connectivity index (χ1v) is 6.88. The molecule has 0 aromatic carbocycles. The first-order chi connectivity index (χ1) is 9.13. The van der Waals surface area contributed by atoms with E-state index in [0.29, 0.717) is 0 Å². The van der Waals surface area contributed by atoms with Gasteiger partial charge in [0.1, 0.15) is 0 Å². The number of hydrogen-bond acceptors (Lipinski definition) is 2. The molecule has 0 aliphatic carbocycles. The van der Waals surface area contributed by atoms with E-state index in [-0.39, 0.29) is 11.7 Å². The average molecular weight is 280 g/mol. The van der Waals surface area contributed by atoms with Crippen molar-refractivity contribution in [3.8, 4) is 0 Å². The highest BCUT2D eigenvalue weighted by Crippen LogP contribution is 2.17. The molecule has 0 saturated carbocycles. The molecule has 5 heteroatoms. The minimum atomic E-state index is -0.00405. The molecule has 0 radical (unpaired) electrons. The molecule has 0 saturated heterocycles. The molecule has 2 rings (SSSR count). The molecule has 0 N–H and O–H groups in total. The molecule has 4 nitrogen and oxygen atoms in total. The minimum Gasteiger partial charge on any atom is -0.348 e. The molecule has 0 aliphatic heterocycles. The van der Waals surface area contributed by atoms with Gasteiger partial charge in [-0.2, -0.15) is 0 Å². The molecule has 0 fully saturated rings. The monoisotopic (exact) mass is 279 g/mol. The van der Waals surface area contributed by atoms with Gasteiger partial charge in [-0.25, -0.2) is 4.98 Å². The lowest BCUT2D eigenvalue weighted by molar-refractivity contribution is 0.102. The summed E-state index contributed by atoms with van der Waals surface area (Å²) in [6, 6.07) is 1.93. The van der Waals surface area contributed by atoms with Crippen molar-refractivity contribution in [2.45, 2.75) is 33.4 Å². The SMILES string of the molecule is Cc1cc(C(=O)CCl)c(C)n1CCCn1ccnc1. The van der Waals surface area contributed by atoms with Gasteiger partial charge in [0.25, 0.3) is 0 Å². The Labute approximate surface area is 118 Å². The van der Waals surface area contributed by atoms with Gasteiger partial charge in [0.2, 0.25) is 0 Å². The summed E-state index contributed by atoms with van der Waals surface area (Å²) in [5, 5.41) is 0. The quantitative estimate of drug-likeness (QED) is 0.602. The summed E-state index contributed by atoms with van der Waals surface area (Å²) in [7, 11) is 0. The van der Waals surface area contributed by atoms with Crippen LogP contribution in [0.25, 0.3) is 0 Å². The molecule has 0 bridgehead atoms. The van der Waals surface area contributed by atoms with Crippen molar-refractivity contribution in [2.75, 3.05) is 5.88 Å². The van der Waals surface area contributed by atoms with Gasteiger partial charge >= 0.3 is 0 Å². The van der Waals surface area contributed by atoms with Gasteiger partial charge < -0.3 is 9.13 Å². The molecule has 0 amide bonds. The fourth-order valence-corrected chi connectivity index (χ4v) is 2.47. The minimum absolute atomic E-state index is 0.00405. The second-order valence-electron chi connectivity index (χ2n) is 4.65. The Bertz CT molecular complexity index is 558. The topological polar surface area (TPSA) is 39.8 Å². The van der Waals surface area contributed by atoms with Gasteiger partial charge in [-0.05, 0) is 26.3 Å². The third kappa shape index (κ3) is 3.07. The summed E-state index contributed by atoms with van der Waals surface area (Å²) in [5.74, 6) is 0.0370. The van der Waals surface area contributed by atoms with Gasteiger partial charge in [-0.15, -0.1) is 11.6 Å². The van der Waals surface area contributed by atoms with Crippen LogP contribution in [0.2, 0.25) is 0 Å². The third-order valence-corrected chi connectivity index (χ3v) is 3.60. The number of aryl methyl sites for hydroxylation is 2. The lowest BCUT2D eigenvalue weighted by Crippen LogP contribution is -2.08. The number of carbonyl (C=O) groups excluding carboxylic acids is 1. The largest absolute Gasteiger partial charge is 0.348 e. The number of ketones is 1. The number of aromatic nitrogens is 3. The number of Topliss-reactive ketones (excluding diaryl/α,β-unsaturated/α-hetero) is 1. The zero-order valence-electron chi connectivity index (χ0n) is 11.3. The summed E-state index contributed by atoms with van der Waals surface area (Å²) in [5.41, 5.74) is 2.86. The van der Waals surface area contributed by atoms with Crippen LogP contribution in [-0.2, 0) is 13.1 Å². The lowest BCUT2D eigenvalue weighted by Gasteiger charge is -2.10. The van der Waals surface area contributed by atoms with E-state index in [1.807, 2.05) is 32.4 Å². The molecular formula is C14H18ClN3O. The Hall–Kier alpha value is -1.55. The number of imidazole rings is 1. The Morgan fingerprint density at radius 1 is 1.37 bits per heavy atom. The highest BCUT2D eigenvalue weighted by molar-refractivity contribution is 6.30. The second kappa shape index (κ2) is 6.06. The fraction of sp³-hybridized carbons (Fsp3) is 0.429. The average Bonchev–Trinajstić information content (AvgIpc) is 3.00. The van der Waals surface area contributed by atoms with E-state index >= 15 is 0 Å². The predicted molar refractivity (Wildman–Crippen MR) is 75.8 cm³/mol. The molecule has 102 valence electrons. The molecule has 0 aliphatic rings. The smallest absolute Gasteiger partial charge is 0.179 e. The van der Waals surface area contributed by atoms with E-state index in [1.54, 1.807) is 6.20 Å². The van der Waals surface area contributed by atoms with Crippen molar-refractivity contribution in [3.63, 3.8) is 0 Å². The van der Waals surface area contributed by atoms with E-state index in [9.17, 15) is 4.79 Å². The Balaban J connectivity index is 2.04. The standard InChI is InChI=1S/C14H18ClN3O/c1-11-8-13(14(19)9-15)12(2)18(11)6-3-5-17-7-4-16-10-17/h4,7-8,10H,3,5-6,9H2,1-2H3. The molecule has 2 heterocycles. The molecule has 2 aromatic heterocycles. The zero-order valence-corrected chi connectivity index (χ0v) is 12.0. The predicted octanol–water partition coefficient (Wildman–Crippen LogP) is 2.81. The van der Waals surface area contributed by atoms with E-state index < -0.39 is 0 Å². The maximum Gasteiger partial charge on any atom is 0.179 e. The summed E-state index contributed by atoms with van der Waals surface area (Å²) in [4.78, 5) is 15.7. The van der Waals surface area contributed by atoms with Gasteiger partial charge in [0, 0.05) is 42.4 Å². The Morgan fingerprint density at radius 3 is 2.79 bits per heavy atom. The van der Waals surface area contributed by atoms with E-state index in [2.05, 4.69) is 14.1 Å². The summed E-state index contributed by atoms with van der Waals surface area (Å²) >= 11 is 5.62. The third-order valence-electron chi connectivity index (χ3n) is 3.35. The first kappa shape index (κ1) is 13.9. The Morgan fingerprint density at radius 2 is 2.16 bits per heavy atom. The summed E-state index contributed by atoms with van der Waals surface area (Å²) < 4.78 is 4.23. The summed E-state index contributed by atoms with van der Waals surface area (Å²) in [6.45, 7) is 5.82. The molecule has 0 unspecified atom stereocenters. The van der Waals surface area contributed by atoms with Crippen molar-refractivity contribution in [1.29, 1.82) is 0 Å². The Kier molecular flexibility index (Phi) is 4.43. The van der Waals surface area contributed by atoms with Crippen LogP contribution in [0.1, 0.15) is 28.2 Å². The number of hydrogen-bond donors (Lipinski definition) is 0. The van der Waals surface area contributed by atoms with E-state index in [0.717, 1.165) is 36.5 Å².